The first-order valence-electron chi connectivity index (χ1n) is 10.1. The largest absolute Gasteiger partial charge is 0.346 e. The van der Waals surface area contributed by atoms with Gasteiger partial charge in [-0.15, -0.1) is 11.3 Å². The van der Waals surface area contributed by atoms with E-state index in [2.05, 4.69) is 20.1 Å². The molecule has 2 heterocycles. The average molecular weight is 433 g/mol. The summed E-state index contributed by atoms with van der Waals surface area (Å²) in [5.74, 6) is -0.632. The van der Waals surface area contributed by atoms with Crippen LogP contribution in [0, 0.1) is 0 Å². The molecule has 31 heavy (non-hydrogen) atoms. The van der Waals surface area contributed by atoms with Crippen LogP contribution in [0.5, 0.6) is 0 Å². The normalized spacial score (nSPS) is 16.1. The summed E-state index contributed by atoms with van der Waals surface area (Å²) in [6.07, 6.45) is 1.80. The van der Waals surface area contributed by atoms with Crippen LogP contribution >= 0.6 is 11.3 Å². The van der Waals surface area contributed by atoms with Crippen molar-refractivity contribution in [2.24, 2.45) is 0 Å². The number of rotatable bonds is 4. The molecule has 2 aromatic carbocycles. The lowest BCUT2D eigenvalue weighted by Crippen LogP contribution is -2.48. The summed E-state index contributed by atoms with van der Waals surface area (Å²) in [6, 6.07) is 11.8. The fourth-order valence-corrected chi connectivity index (χ4v) is 4.81. The molecule has 0 radical (unpaired) electrons. The lowest BCUT2D eigenvalue weighted by Gasteiger charge is -2.34. The van der Waals surface area contributed by atoms with Gasteiger partial charge in [0.15, 0.2) is 16.7 Å². The van der Waals surface area contributed by atoms with Gasteiger partial charge in [0.1, 0.15) is 0 Å². The van der Waals surface area contributed by atoms with Crippen LogP contribution < -0.4 is 10.2 Å². The summed E-state index contributed by atoms with van der Waals surface area (Å²) < 4.78 is 0. The average Bonchev–Trinajstić information content (AvgIpc) is 3.33. The second-order valence-electron chi connectivity index (χ2n) is 7.56. The number of ketones is 2. The van der Waals surface area contributed by atoms with Crippen molar-refractivity contribution < 1.29 is 14.4 Å². The Labute approximate surface area is 183 Å². The van der Waals surface area contributed by atoms with Crippen LogP contribution in [0.3, 0.4) is 0 Å². The van der Waals surface area contributed by atoms with Crippen LogP contribution in [0.4, 0.5) is 10.8 Å². The lowest BCUT2D eigenvalue weighted by molar-refractivity contribution is -0.117. The maximum Gasteiger partial charge on any atom is 0.238 e. The van der Waals surface area contributed by atoms with Crippen molar-refractivity contribution in [3.63, 3.8) is 0 Å². The van der Waals surface area contributed by atoms with Crippen LogP contribution in [0.1, 0.15) is 31.8 Å². The molecule has 7 nitrogen and oxygen atoms in total. The van der Waals surface area contributed by atoms with E-state index in [0.717, 1.165) is 31.3 Å². The van der Waals surface area contributed by atoms with Crippen LogP contribution in [-0.4, -0.2) is 60.1 Å². The van der Waals surface area contributed by atoms with Crippen molar-refractivity contribution in [2.45, 2.75) is 0 Å². The number of thiazole rings is 1. The molecule has 1 amide bonds. The van der Waals surface area contributed by atoms with Crippen molar-refractivity contribution in [2.75, 3.05) is 42.9 Å². The van der Waals surface area contributed by atoms with E-state index in [0.29, 0.717) is 22.4 Å². The monoisotopic (exact) mass is 432 g/mol. The summed E-state index contributed by atoms with van der Waals surface area (Å²) >= 11 is 1.61. The summed E-state index contributed by atoms with van der Waals surface area (Å²) in [4.78, 5) is 47.3. The molecule has 0 saturated carbocycles. The van der Waals surface area contributed by atoms with E-state index in [4.69, 9.17) is 0 Å². The van der Waals surface area contributed by atoms with Crippen molar-refractivity contribution in [3.05, 3.63) is 76.3 Å². The zero-order chi connectivity index (χ0) is 21.4. The van der Waals surface area contributed by atoms with E-state index in [1.807, 2.05) is 5.38 Å². The number of aromatic nitrogens is 1. The Bertz CT molecular complexity index is 1170. The molecule has 5 rings (SSSR count). The van der Waals surface area contributed by atoms with E-state index in [1.165, 1.54) is 0 Å². The fourth-order valence-electron chi connectivity index (χ4n) is 4.11. The highest BCUT2D eigenvalue weighted by atomic mass is 32.1. The second kappa shape index (κ2) is 8.05. The predicted molar refractivity (Wildman–Crippen MR) is 119 cm³/mol. The minimum Gasteiger partial charge on any atom is -0.346 e. The molecule has 8 heteroatoms. The first kappa shape index (κ1) is 19.6. The minimum atomic E-state index is -0.238. The Morgan fingerprint density at radius 2 is 1.65 bits per heavy atom. The van der Waals surface area contributed by atoms with Gasteiger partial charge in [-0.2, -0.15) is 0 Å². The van der Waals surface area contributed by atoms with Gasteiger partial charge in [-0.1, -0.05) is 36.4 Å². The highest BCUT2D eigenvalue weighted by molar-refractivity contribution is 7.13. The molecule has 1 aromatic heterocycles. The van der Waals surface area contributed by atoms with Gasteiger partial charge in [0.25, 0.3) is 0 Å². The van der Waals surface area contributed by atoms with E-state index in [-0.39, 0.29) is 29.6 Å². The third-order valence-electron chi connectivity index (χ3n) is 5.66. The molecule has 156 valence electrons. The van der Waals surface area contributed by atoms with Gasteiger partial charge in [-0.3, -0.25) is 19.3 Å². The number of anilines is 2. The molecule has 1 aliphatic carbocycles. The second-order valence-corrected chi connectivity index (χ2v) is 8.43. The van der Waals surface area contributed by atoms with Gasteiger partial charge < -0.3 is 10.2 Å². The van der Waals surface area contributed by atoms with Gasteiger partial charge in [0.05, 0.1) is 17.8 Å². The van der Waals surface area contributed by atoms with Gasteiger partial charge in [-0.25, -0.2) is 4.98 Å². The van der Waals surface area contributed by atoms with Crippen molar-refractivity contribution in [1.82, 2.24) is 9.88 Å². The lowest BCUT2D eigenvalue weighted by atomic mass is 9.83. The number of hydrogen-bond donors (Lipinski definition) is 1. The van der Waals surface area contributed by atoms with E-state index in [9.17, 15) is 14.4 Å². The maximum absolute atomic E-state index is 13.1. The quantitative estimate of drug-likeness (QED) is 0.534. The fraction of sp³-hybridized carbons (Fsp3) is 0.217. The van der Waals surface area contributed by atoms with Gasteiger partial charge in [-0.05, 0) is 6.07 Å². The summed E-state index contributed by atoms with van der Waals surface area (Å²) in [5, 5.41) is 5.82. The number of piperazine rings is 1. The maximum atomic E-state index is 13.1. The Morgan fingerprint density at radius 1 is 0.935 bits per heavy atom. The topological polar surface area (TPSA) is 82.6 Å². The van der Waals surface area contributed by atoms with Crippen LogP contribution in [0.25, 0.3) is 0 Å². The van der Waals surface area contributed by atoms with Crippen molar-refractivity contribution in [3.8, 4) is 0 Å². The number of nitrogens with one attached hydrogen (secondary N) is 1. The predicted octanol–water partition coefficient (Wildman–Crippen LogP) is 2.68. The number of carbonyl (C=O) groups excluding carboxylic acids is 3. The molecule has 1 aliphatic heterocycles. The number of amides is 1. The van der Waals surface area contributed by atoms with Gasteiger partial charge >= 0.3 is 0 Å². The highest BCUT2D eigenvalue weighted by Crippen LogP contribution is 2.32. The van der Waals surface area contributed by atoms with E-state index in [1.54, 1.807) is 60.0 Å². The zero-order valence-corrected chi connectivity index (χ0v) is 17.5. The minimum absolute atomic E-state index is 0.195. The smallest absolute Gasteiger partial charge is 0.238 e. The number of nitrogens with zero attached hydrogens (tertiary/aromatic N) is 3. The van der Waals surface area contributed by atoms with Crippen LogP contribution in [0.2, 0.25) is 0 Å². The van der Waals surface area contributed by atoms with Crippen LogP contribution in [0.15, 0.2) is 54.0 Å². The Hall–Kier alpha value is -3.36. The molecule has 2 aliphatic rings. The summed E-state index contributed by atoms with van der Waals surface area (Å²) in [7, 11) is 0. The molecule has 0 unspecified atom stereocenters. The van der Waals surface area contributed by atoms with Gasteiger partial charge in [0.2, 0.25) is 5.91 Å². The Morgan fingerprint density at radius 3 is 2.35 bits per heavy atom. The Balaban J connectivity index is 1.29. The van der Waals surface area contributed by atoms with E-state index < -0.39 is 0 Å². The van der Waals surface area contributed by atoms with Gasteiger partial charge in [0, 0.05) is 54.4 Å². The molecule has 1 fully saturated rings. The molecular formula is C23H20N4O3S. The standard InChI is InChI=1S/C23H20N4O3S/c28-19(14-26-9-11-27(12-10-26)23-24-8-13-31-23)25-18-7-3-6-17-20(18)22(30)16-5-2-1-4-15(16)21(17)29/h1-8,13H,9-12,14H2,(H,25,28). The summed E-state index contributed by atoms with van der Waals surface area (Å²) in [5.41, 5.74) is 1.77. The highest BCUT2D eigenvalue weighted by Gasteiger charge is 2.31. The molecular weight excluding hydrogens is 412 g/mol. The molecule has 1 N–H and O–H groups in total. The SMILES string of the molecule is O=C(CN1CCN(c2nccs2)CC1)Nc1cccc2c1C(=O)c1ccccc1C2=O. The zero-order valence-electron chi connectivity index (χ0n) is 16.7. The summed E-state index contributed by atoms with van der Waals surface area (Å²) in [6.45, 7) is 3.36. The number of hydrogen-bond acceptors (Lipinski definition) is 7. The third kappa shape index (κ3) is 3.64. The third-order valence-corrected chi connectivity index (χ3v) is 6.49. The number of fused-ring (bicyclic) bond motifs is 2. The van der Waals surface area contributed by atoms with Crippen LogP contribution in [-0.2, 0) is 4.79 Å². The Kier molecular flexibility index (Phi) is 5.09. The van der Waals surface area contributed by atoms with Crippen molar-refractivity contribution >= 4 is 39.6 Å². The van der Waals surface area contributed by atoms with Crippen molar-refractivity contribution in [1.29, 1.82) is 0 Å². The molecule has 1 saturated heterocycles. The molecule has 3 aromatic rings. The number of carbonyl (C=O) groups is 3. The number of benzene rings is 2. The van der Waals surface area contributed by atoms with E-state index >= 15 is 0 Å². The molecule has 0 bridgehead atoms. The first-order chi connectivity index (χ1) is 15.1. The molecule has 0 spiro atoms. The molecule has 0 atom stereocenters. The first-order valence-corrected chi connectivity index (χ1v) is 11.0.